The lowest BCUT2D eigenvalue weighted by molar-refractivity contribution is -0.00195. The highest BCUT2D eigenvalue weighted by Gasteiger charge is 2.29. The van der Waals surface area contributed by atoms with Crippen molar-refractivity contribution >= 4 is 5.91 Å². The van der Waals surface area contributed by atoms with Crippen molar-refractivity contribution in [2.75, 3.05) is 7.05 Å². The third-order valence-electron chi connectivity index (χ3n) is 4.65. The van der Waals surface area contributed by atoms with Crippen LogP contribution in [0.3, 0.4) is 0 Å². The Hall–Kier alpha value is -3.06. The summed E-state index contributed by atoms with van der Waals surface area (Å²) in [7, 11) is 1.74. The number of hydrogen-bond acceptors (Lipinski definition) is 4. The highest BCUT2D eigenvalue weighted by Crippen LogP contribution is 2.27. The molecule has 27 heavy (non-hydrogen) atoms. The molecule has 0 radical (unpaired) electrons. The Bertz CT molecular complexity index is 940. The molecule has 0 aliphatic carbocycles. The SMILES string of the molecule is CN(Cc1ccccc1)C(=O)c1nnn2c1COC(c1ccc(F)cc1)C2. The minimum Gasteiger partial charge on any atom is -0.365 e. The second-order valence-electron chi connectivity index (χ2n) is 6.56. The van der Waals surface area contributed by atoms with E-state index in [2.05, 4.69) is 10.3 Å². The zero-order valence-corrected chi connectivity index (χ0v) is 14.9. The predicted molar refractivity (Wildman–Crippen MR) is 96.2 cm³/mol. The van der Waals surface area contributed by atoms with E-state index in [0.717, 1.165) is 11.1 Å². The Labute approximate surface area is 156 Å². The molecule has 1 aromatic heterocycles. The molecule has 2 aromatic carbocycles. The summed E-state index contributed by atoms with van der Waals surface area (Å²) in [6.07, 6.45) is -0.246. The molecule has 138 valence electrons. The molecule has 6 nitrogen and oxygen atoms in total. The minimum atomic E-state index is -0.287. The largest absolute Gasteiger partial charge is 0.365 e. The number of benzene rings is 2. The Morgan fingerprint density at radius 2 is 1.96 bits per heavy atom. The quantitative estimate of drug-likeness (QED) is 0.712. The first kappa shape index (κ1) is 17.4. The first-order valence-electron chi connectivity index (χ1n) is 8.70. The van der Waals surface area contributed by atoms with E-state index in [4.69, 9.17) is 4.74 Å². The van der Waals surface area contributed by atoms with Gasteiger partial charge in [-0.2, -0.15) is 0 Å². The summed E-state index contributed by atoms with van der Waals surface area (Å²) in [4.78, 5) is 14.4. The minimum absolute atomic E-state index is 0.191. The maximum Gasteiger partial charge on any atom is 0.276 e. The van der Waals surface area contributed by atoms with Gasteiger partial charge in [0.15, 0.2) is 5.69 Å². The van der Waals surface area contributed by atoms with Crippen molar-refractivity contribution in [1.29, 1.82) is 0 Å². The van der Waals surface area contributed by atoms with Gasteiger partial charge in [-0.25, -0.2) is 9.07 Å². The summed E-state index contributed by atoms with van der Waals surface area (Å²) in [5.74, 6) is -0.478. The van der Waals surface area contributed by atoms with Crippen LogP contribution in [0.5, 0.6) is 0 Å². The molecule has 1 unspecified atom stereocenters. The molecule has 0 spiro atoms. The van der Waals surface area contributed by atoms with Crippen LogP contribution in [0.25, 0.3) is 0 Å². The molecule has 2 heterocycles. The number of hydrogen-bond donors (Lipinski definition) is 0. The van der Waals surface area contributed by atoms with Gasteiger partial charge in [-0.15, -0.1) is 5.10 Å². The molecule has 3 aromatic rings. The van der Waals surface area contributed by atoms with Crippen LogP contribution < -0.4 is 0 Å². The molecular weight excluding hydrogens is 347 g/mol. The maximum atomic E-state index is 13.1. The number of ether oxygens (including phenoxy) is 1. The van der Waals surface area contributed by atoms with Gasteiger partial charge >= 0.3 is 0 Å². The lowest BCUT2D eigenvalue weighted by atomic mass is 10.1. The zero-order chi connectivity index (χ0) is 18.8. The molecule has 1 aliphatic heterocycles. The summed E-state index contributed by atoms with van der Waals surface area (Å²) in [6.45, 7) is 1.16. The third-order valence-corrected chi connectivity index (χ3v) is 4.65. The molecular formula is C20H19FN4O2. The number of halogens is 1. The zero-order valence-electron chi connectivity index (χ0n) is 14.9. The van der Waals surface area contributed by atoms with E-state index in [1.807, 2.05) is 30.3 Å². The van der Waals surface area contributed by atoms with Gasteiger partial charge < -0.3 is 9.64 Å². The maximum absolute atomic E-state index is 13.1. The third kappa shape index (κ3) is 3.59. The number of fused-ring (bicyclic) bond motifs is 1. The van der Waals surface area contributed by atoms with Crippen LogP contribution >= 0.6 is 0 Å². The van der Waals surface area contributed by atoms with Gasteiger partial charge in [0.25, 0.3) is 5.91 Å². The van der Waals surface area contributed by atoms with Gasteiger partial charge in [0.05, 0.1) is 18.8 Å². The summed E-state index contributed by atoms with van der Waals surface area (Å²) in [5.41, 5.74) is 2.89. The normalized spacial score (nSPS) is 16.0. The number of nitrogens with zero attached hydrogens (tertiary/aromatic N) is 4. The van der Waals surface area contributed by atoms with E-state index >= 15 is 0 Å². The predicted octanol–water partition coefficient (Wildman–Crippen LogP) is 2.96. The molecule has 0 bridgehead atoms. The second-order valence-corrected chi connectivity index (χ2v) is 6.56. The Kier molecular flexibility index (Phi) is 4.68. The molecule has 4 rings (SSSR count). The number of carbonyl (C=O) groups is 1. The fraction of sp³-hybridized carbons (Fsp3) is 0.250. The van der Waals surface area contributed by atoms with E-state index in [1.54, 1.807) is 28.8 Å². The standard InChI is InChI=1S/C20H19FN4O2/c1-24(11-14-5-3-2-4-6-14)20(26)19-17-13-27-18(12-25(17)23-22-19)15-7-9-16(21)10-8-15/h2-10,18H,11-13H2,1H3. The fourth-order valence-corrected chi connectivity index (χ4v) is 3.17. The van der Waals surface area contributed by atoms with Gasteiger partial charge in [-0.1, -0.05) is 47.7 Å². The molecule has 1 atom stereocenters. The lowest BCUT2D eigenvalue weighted by Crippen LogP contribution is -2.29. The number of rotatable bonds is 4. The first-order valence-corrected chi connectivity index (χ1v) is 8.70. The molecule has 7 heteroatoms. The summed E-state index contributed by atoms with van der Waals surface area (Å²) in [5, 5.41) is 8.21. The van der Waals surface area contributed by atoms with Crippen LogP contribution in [0.1, 0.15) is 33.4 Å². The van der Waals surface area contributed by atoms with Crippen molar-refractivity contribution in [3.63, 3.8) is 0 Å². The molecule has 0 N–H and O–H groups in total. The second kappa shape index (κ2) is 7.28. The Morgan fingerprint density at radius 3 is 2.70 bits per heavy atom. The monoisotopic (exact) mass is 366 g/mol. The van der Waals surface area contributed by atoms with Crippen molar-refractivity contribution < 1.29 is 13.9 Å². The van der Waals surface area contributed by atoms with E-state index in [-0.39, 0.29) is 24.4 Å². The van der Waals surface area contributed by atoms with Crippen molar-refractivity contribution in [2.45, 2.75) is 25.8 Å². The Balaban J connectivity index is 1.49. The van der Waals surface area contributed by atoms with E-state index in [0.29, 0.717) is 24.5 Å². The van der Waals surface area contributed by atoms with Crippen molar-refractivity contribution in [1.82, 2.24) is 19.9 Å². The van der Waals surface area contributed by atoms with E-state index < -0.39 is 0 Å². The van der Waals surface area contributed by atoms with Crippen LogP contribution in [-0.4, -0.2) is 32.8 Å². The highest BCUT2D eigenvalue weighted by atomic mass is 19.1. The van der Waals surface area contributed by atoms with Crippen molar-refractivity contribution in [3.8, 4) is 0 Å². The van der Waals surface area contributed by atoms with Gasteiger partial charge in [-0.05, 0) is 23.3 Å². The van der Waals surface area contributed by atoms with Gasteiger partial charge in [-0.3, -0.25) is 4.79 Å². The average Bonchev–Trinajstić information content (AvgIpc) is 3.12. The number of aromatic nitrogens is 3. The van der Waals surface area contributed by atoms with Crippen LogP contribution in [-0.2, 0) is 24.4 Å². The molecule has 0 fully saturated rings. The topological polar surface area (TPSA) is 60.2 Å². The Morgan fingerprint density at radius 1 is 1.22 bits per heavy atom. The van der Waals surface area contributed by atoms with E-state index in [1.165, 1.54) is 12.1 Å². The van der Waals surface area contributed by atoms with Crippen LogP contribution in [0, 0.1) is 5.82 Å². The van der Waals surface area contributed by atoms with Crippen molar-refractivity contribution in [3.05, 3.63) is 82.9 Å². The van der Waals surface area contributed by atoms with E-state index in [9.17, 15) is 9.18 Å². The highest BCUT2D eigenvalue weighted by molar-refractivity contribution is 5.93. The number of carbonyl (C=O) groups excluding carboxylic acids is 1. The van der Waals surface area contributed by atoms with Crippen LogP contribution in [0.2, 0.25) is 0 Å². The molecule has 1 aliphatic rings. The first-order chi connectivity index (χ1) is 13.1. The average molecular weight is 366 g/mol. The fourth-order valence-electron chi connectivity index (χ4n) is 3.17. The van der Waals surface area contributed by atoms with Gasteiger partial charge in [0.2, 0.25) is 0 Å². The molecule has 0 saturated carbocycles. The summed E-state index contributed by atoms with van der Waals surface area (Å²) >= 11 is 0. The van der Waals surface area contributed by atoms with Crippen LogP contribution in [0.4, 0.5) is 4.39 Å². The van der Waals surface area contributed by atoms with Crippen molar-refractivity contribution in [2.24, 2.45) is 0 Å². The number of amides is 1. The molecule has 0 saturated heterocycles. The lowest BCUT2D eigenvalue weighted by Gasteiger charge is -2.25. The van der Waals surface area contributed by atoms with Crippen LogP contribution in [0.15, 0.2) is 54.6 Å². The van der Waals surface area contributed by atoms with Gasteiger partial charge in [0, 0.05) is 13.6 Å². The van der Waals surface area contributed by atoms with Gasteiger partial charge in [0.1, 0.15) is 11.9 Å². The summed E-state index contributed by atoms with van der Waals surface area (Å²) < 4.78 is 20.7. The summed E-state index contributed by atoms with van der Waals surface area (Å²) in [6, 6.07) is 16.0. The smallest absolute Gasteiger partial charge is 0.276 e. The molecule has 1 amide bonds.